The Morgan fingerprint density at radius 1 is 1.07 bits per heavy atom. The van der Waals surface area contributed by atoms with Gasteiger partial charge in [-0.1, -0.05) is 17.7 Å². The topological polar surface area (TPSA) is 110 Å². The SMILES string of the molecule is CC1Cc2ccc(Cl)cc2-c2cc(=O)n(C(C[C@@H]3COCCO3)C(=O)Nc3ccc4nn(C)nc4c3)cc2CO1. The van der Waals surface area contributed by atoms with Gasteiger partial charge in [0.05, 0.1) is 38.6 Å². The number of rotatable bonds is 5. The van der Waals surface area contributed by atoms with Crippen LogP contribution in [0.1, 0.15) is 30.5 Å². The van der Waals surface area contributed by atoms with Crippen LogP contribution in [0.3, 0.4) is 0 Å². The van der Waals surface area contributed by atoms with Crippen LogP contribution in [-0.2, 0) is 39.1 Å². The van der Waals surface area contributed by atoms with Crippen LogP contribution in [0.25, 0.3) is 22.2 Å². The third-order valence-corrected chi connectivity index (χ3v) is 7.55. The van der Waals surface area contributed by atoms with E-state index < -0.39 is 6.04 Å². The van der Waals surface area contributed by atoms with Gasteiger partial charge in [0.25, 0.3) is 5.56 Å². The molecule has 10 nitrogen and oxygen atoms in total. The van der Waals surface area contributed by atoms with Crippen LogP contribution >= 0.6 is 11.6 Å². The zero-order chi connectivity index (χ0) is 27.8. The number of nitrogens with one attached hydrogen (secondary N) is 1. The van der Waals surface area contributed by atoms with E-state index >= 15 is 0 Å². The average molecular weight is 564 g/mol. The van der Waals surface area contributed by atoms with E-state index in [9.17, 15) is 9.59 Å². The van der Waals surface area contributed by atoms with Crippen molar-refractivity contribution in [3.05, 3.63) is 75.2 Å². The van der Waals surface area contributed by atoms with Crippen molar-refractivity contribution in [1.82, 2.24) is 19.6 Å². The number of anilines is 1. The lowest BCUT2D eigenvalue weighted by Gasteiger charge is -2.29. The number of benzene rings is 2. The highest BCUT2D eigenvalue weighted by atomic mass is 35.5. The largest absolute Gasteiger partial charge is 0.376 e. The molecule has 40 heavy (non-hydrogen) atoms. The lowest BCUT2D eigenvalue weighted by Crippen LogP contribution is -2.39. The molecule has 2 aliphatic heterocycles. The first-order valence-corrected chi connectivity index (χ1v) is 13.7. The second-order valence-electron chi connectivity index (χ2n) is 10.3. The number of fused-ring (bicyclic) bond motifs is 4. The summed E-state index contributed by atoms with van der Waals surface area (Å²) >= 11 is 6.36. The molecule has 0 saturated carbocycles. The van der Waals surface area contributed by atoms with E-state index in [1.54, 1.807) is 37.5 Å². The van der Waals surface area contributed by atoms with Crippen molar-refractivity contribution in [3.63, 3.8) is 0 Å². The summed E-state index contributed by atoms with van der Waals surface area (Å²) < 4.78 is 19.0. The van der Waals surface area contributed by atoms with Crippen molar-refractivity contribution in [1.29, 1.82) is 0 Å². The van der Waals surface area contributed by atoms with E-state index in [4.69, 9.17) is 25.8 Å². The van der Waals surface area contributed by atoms with Crippen LogP contribution in [0.4, 0.5) is 5.69 Å². The van der Waals surface area contributed by atoms with Crippen LogP contribution in [0, 0.1) is 0 Å². The molecule has 0 spiro atoms. The standard InChI is InChI=1S/C29H30ClN5O5/c1-17-9-18-3-4-20(30)10-23(18)24-13-28(36)35(14-19(24)15-40-17)27(12-22-16-38-7-8-39-22)29(37)31-21-5-6-25-26(11-21)33-34(2)32-25/h3-6,10-11,13-14,17,22,27H,7-9,12,15-16H2,1-2H3,(H,31,37)/t17?,22-,27?/m1/s1. The first kappa shape index (κ1) is 26.6. The molecule has 4 heterocycles. The molecule has 3 atom stereocenters. The van der Waals surface area contributed by atoms with Gasteiger partial charge in [-0.15, -0.1) is 0 Å². The Morgan fingerprint density at radius 2 is 1.90 bits per heavy atom. The molecular weight excluding hydrogens is 534 g/mol. The Balaban J connectivity index is 1.39. The van der Waals surface area contributed by atoms with Crippen molar-refractivity contribution < 1.29 is 19.0 Å². The second kappa shape index (κ2) is 11.1. The molecule has 0 aliphatic carbocycles. The van der Waals surface area contributed by atoms with E-state index in [0.717, 1.165) is 27.8 Å². The number of pyridine rings is 1. The predicted octanol–water partition coefficient (Wildman–Crippen LogP) is 3.90. The number of amides is 1. The number of hydrogen-bond acceptors (Lipinski definition) is 7. The predicted molar refractivity (Wildman–Crippen MR) is 150 cm³/mol. The third kappa shape index (κ3) is 5.53. The van der Waals surface area contributed by atoms with Gasteiger partial charge in [-0.2, -0.15) is 15.0 Å². The maximum atomic E-state index is 13.8. The number of carbonyl (C=O) groups is 1. The summed E-state index contributed by atoms with van der Waals surface area (Å²) in [5.74, 6) is -0.344. The molecular formula is C29H30ClN5O5. The number of hydrogen-bond donors (Lipinski definition) is 1. The highest BCUT2D eigenvalue weighted by Gasteiger charge is 2.29. The van der Waals surface area contributed by atoms with Gasteiger partial charge in [-0.3, -0.25) is 9.59 Å². The molecule has 0 radical (unpaired) electrons. The summed E-state index contributed by atoms with van der Waals surface area (Å²) in [5.41, 5.74) is 5.15. The lowest BCUT2D eigenvalue weighted by molar-refractivity contribution is -0.124. The van der Waals surface area contributed by atoms with Crippen molar-refractivity contribution in [2.24, 2.45) is 7.05 Å². The first-order chi connectivity index (χ1) is 19.3. The maximum Gasteiger partial charge on any atom is 0.251 e. The van der Waals surface area contributed by atoms with Gasteiger partial charge in [0.15, 0.2) is 0 Å². The molecule has 2 unspecified atom stereocenters. The smallest absolute Gasteiger partial charge is 0.251 e. The molecule has 0 bridgehead atoms. The Labute approximate surface area is 235 Å². The molecule has 1 fully saturated rings. The molecule has 4 aromatic rings. The van der Waals surface area contributed by atoms with Crippen LogP contribution in [0.5, 0.6) is 0 Å². The van der Waals surface area contributed by atoms with Gasteiger partial charge in [-0.25, -0.2) is 0 Å². The Hall–Kier alpha value is -3.57. The highest BCUT2D eigenvalue weighted by Crippen LogP contribution is 2.33. The number of carbonyl (C=O) groups excluding carboxylic acids is 1. The molecule has 2 aliphatic rings. The van der Waals surface area contributed by atoms with Gasteiger partial charge >= 0.3 is 0 Å². The van der Waals surface area contributed by atoms with Crippen LogP contribution in [0.2, 0.25) is 5.02 Å². The molecule has 2 aromatic carbocycles. The monoisotopic (exact) mass is 563 g/mol. The number of aromatic nitrogens is 4. The quantitative estimate of drug-likeness (QED) is 0.392. The minimum absolute atomic E-state index is 0.0312. The summed E-state index contributed by atoms with van der Waals surface area (Å²) in [6.07, 6.45) is 2.33. The van der Waals surface area contributed by atoms with Crippen LogP contribution < -0.4 is 10.9 Å². The first-order valence-electron chi connectivity index (χ1n) is 13.3. The zero-order valence-electron chi connectivity index (χ0n) is 22.3. The van der Waals surface area contributed by atoms with E-state index in [2.05, 4.69) is 15.5 Å². The van der Waals surface area contributed by atoms with Gasteiger partial charge in [0.1, 0.15) is 17.1 Å². The number of ether oxygens (including phenoxy) is 3. The molecule has 1 N–H and O–H groups in total. The second-order valence-corrected chi connectivity index (χ2v) is 10.7. The third-order valence-electron chi connectivity index (χ3n) is 7.31. The highest BCUT2D eigenvalue weighted by molar-refractivity contribution is 6.30. The molecule has 2 aromatic heterocycles. The van der Waals surface area contributed by atoms with E-state index in [-0.39, 0.29) is 30.1 Å². The molecule has 1 saturated heterocycles. The fourth-order valence-corrected chi connectivity index (χ4v) is 5.55. The van der Waals surface area contributed by atoms with Crippen molar-refractivity contribution >= 4 is 34.2 Å². The molecule has 6 rings (SSSR count). The fraction of sp³-hybridized carbons (Fsp3) is 0.379. The van der Waals surface area contributed by atoms with Crippen molar-refractivity contribution in [2.45, 2.75) is 44.6 Å². The summed E-state index contributed by atoms with van der Waals surface area (Å²) in [6.45, 7) is 3.60. The average Bonchev–Trinajstić information content (AvgIpc) is 3.31. The summed E-state index contributed by atoms with van der Waals surface area (Å²) in [4.78, 5) is 29.0. The number of aryl methyl sites for hydroxylation is 1. The van der Waals surface area contributed by atoms with Gasteiger partial charge in [-0.05, 0) is 60.4 Å². The van der Waals surface area contributed by atoms with Gasteiger partial charge in [0, 0.05) is 42.0 Å². The maximum absolute atomic E-state index is 13.8. The fourth-order valence-electron chi connectivity index (χ4n) is 5.37. The summed E-state index contributed by atoms with van der Waals surface area (Å²) in [5, 5.41) is 12.2. The van der Waals surface area contributed by atoms with Gasteiger partial charge in [0.2, 0.25) is 5.91 Å². The summed E-state index contributed by atoms with van der Waals surface area (Å²) in [6, 6.07) is 11.8. The lowest BCUT2D eigenvalue weighted by atomic mass is 9.92. The van der Waals surface area contributed by atoms with Crippen molar-refractivity contribution in [3.8, 4) is 11.1 Å². The van der Waals surface area contributed by atoms with Crippen LogP contribution in [0.15, 0.2) is 53.5 Å². The minimum atomic E-state index is -0.858. The molecule has 1 amide bonds. The van der Waals surface area contributed by atoms with E-state index in [1.807, 2.05) is 25.1 Å². The Bertz CT molecular complexity index is 1630. The van der Waals surface area contributed by atoms with E-state index in [1.165, 1.54) is 9.36 Å². The van der Waals surface area contributed by atoms with E-state index in [0.29, 0.717) is 49.1 Å². The van der Waals surface area contributed by atoms with Gasteiger partial charge < -0.3 is 24.1 Å². The summed E-state index contributed by atoms with van der Waals surface area (Å²) in [7, 11) is 1.74. The zero-order valence-corrected chi connectivity index (χ0v) is 23.1. The number of halogens is 1. The Morgan fingerprint density at radius 3 is 2.73 bits per heavy atom. The molecule has 11 heteroatoms. The Kier molecular flexibility index (Phi) is 7.41. The minimum Gasteiger partial charge on any atom is -0.376 e. The normalized spacial score (nSPS) is 19.8. The molecule has 208 valence electrons. The van der Waals surface area contributed by atoms with Crippen molar-refractivity contribution in [2.75, 3.05) is 25.1 Å². The number of nitrogens with zero attached hydrogens (tertiary/aromatic N) is 4. The van der Waals surface area contributed by atoms with Crippen LogP contribution in [-0.4, -0.2) is 57.5 Å².